The zero-order valence-electron chi connectivity index (χ0n) is 12.7. The second-order valence-electron chi connectivity index (χ2n) is 5.21. The largest absolute Gasteiger partial charge is 0.354 e. The highest BCUT2D eigenvalue weighted by atomic mass is 16.1. The molecule has 4 nitrogen and oxygen atoms in total. The normalized spacial score (nSPS) is 11.8. The van der Waals surface area contributed by atoms with Crippen molar-refractivity contribution < 1.29 is 4.79 Å². The molecule has 1 heterocycles. The van der Waals surface area contributed by atoms with Crippen molar-refractivity contribution in [2.45, 2.75) is 33.2 Å². The van der Waals surface area contributed by atoms with E-state index in [1.807, 2.05) is 44.2 Å². The lowest BCUT2D eigenvalue weighted by Gasteiger charge is -2.11. The Balaban J connectivity index is 2.01. The van der Waals surface area contributed by atoms with Crippen molar-refractivity contribution in [1.29, 1.82) is 0 Å². The van der Waals surface area contributed by atoms with Gasteiger partial charge in [-0.15, -0.1) is 0 Å². The maximum atomic E-state index is 11.9. The molecule has 1 unspecified atom stereocenters. The topological polar surface area (TPSA) is 54.0 Å². The number of aryl methyl sites for hydroxylation is 1. The van der Waals surface area contributed by atoms with Crippen LogP contribution >= 0.6 is 0 Å². The molecule has 0 fully saturated rings. The molecule has 4 heteroatoms. The Morgan fingerprint density at radius 3 is 2.38 bits per heavy atom. The third-order valence-corrected chi connectivity index (χ3v) is 3.33. The molecule has 0 saturated heterocycles. The van der Waals surface area contributed by atoms with E-state index in [-0.39, 0.29) is 11.9 Å². The number of anilines is 2. The third kappa shape index (κ3) is 4.31. The number of hydrogen-bond acceptors (Lipinski definition) is 3. The number of nitrogens with zero attached hydrogens (tertiary/aromatic N) is 1. The third-order valence-electron chi connectivity index (χ3n) is 3.33. The smallest absolute Gasteiger partial charge is 0.270 e. The van der Waals surface area contributed by atoms with E-state index in [4.69, 9.17) is 0 Å². The minimum atomic E-state index is -0.133. The number of amides is 1. The average molecular weight is 283 g/mol. The number of pyridine rings is 1. The van der Waals surface area contributed by atoms with E-state index in [9.17, 15) is 4.79 Å². The van der Waals surface area contributed by atoms with Gasteiger partial charge in [0.1, 0.15) is 5.69 Å². The summed E-state index contributed by atoms with van der Waals surface area (Å²) in [6.45, 7) is 6.06. The van der Waals surface area contributed by atoms with E-state index in [1.54, 1.807) is 12.3 Å². The van der Waals surface area contributed by atoms with Crippen LogP contribution in [-0.2, 0) is 0 Å². The van der Waals surface area contributed by atoms with Crippen molar-refractivity contribution in [3.8, 4) is 0 Å². The van der Waals surface area contributed by atoms with Gasteiger partial charge in [-0.1, -0.05) is 24.6 Å². The standard InChI is InChI=1S/C17H21N3O/c1-4-13(3)19-17(21)16-10-9-15(11-18-16)20-14-7-5-12(2)6-8-14/h5-11,13,20H,4H2,1-3H3,(H,19,21). The molecule has 0 spiro atoms. The SMILES string of the molecule is CCC(C)NC(=O)c1ccc(Nc2ccc(C)cc2)cn1. The van der Waals surface area contributed by atoms with Crippen LogP contribution < -0.4 is 10.6 Å². The maximum Gasteiger partial charge on any atom is 0.270 e. The molecule has 0 aliphatic rings. The Bertz CT molecular complexity index is 590. The Hall–Kier alpha value is -2.36. The zero-order chi connectivity index (χ0) is 15.2. The van der Waals surface area contributed by atoms with Crippen LogP contribution in [0.25, 0.3) is 0 Å². The van der Waals surface area contributed by atoms with Crippen LogP contribution in [0.15, 0.2) is 42.6 Å². The van der Waals surface area contributed by atoms with Gasteiger partial charge in [0.05, 0.1) is 11.9 Å². The molecule has 0 aliphatic carbocycles. The first-order chi connectivity index (χ1) is 10.1. The molecule has 0 aliphatic heterocycles. The molecule has 1 amide bonds. The first-order valence-corrected chi connectivity index (χ1v) is 7.19. The van der Waals surface area contributed by atoms with Crippen LogP contribution in [0.4, 0.5) is 11.4 Å². The minimum absolute atomic E-state index is 0.133. The lowest BCUT2D eigenvalue weighted by atomic mass is 10.2. The van der Waals surface area contributed by atoms with Gasteiger partial charge in [-0.25, -0.2) is 4.98 Å². The van der Waals surface area contributed by atoms with Crippen LogP contribution in [0.2, 0.25) is 0 Å². The Morgan fingerprint density at radius 1 is 1.14 bits per heavy atom. The second-order valence-corrected chi connectivity index (χ2v) is 5.21. The number of hydrogen-bond donors (Lipinski definition) is 2. The van der Waals surface area contributed by atoms with Gasteiger partial charge < -0.3 is 10.6 Å². The van der Waals surface area contributed by atoms with Gasteiger partial charge in [0.15, 0.2) is 0 Å². The number of nitrogens with one attached hydrogen (secondary N) is 2. The van der Waals surface area contributed by atoms with E-state index in [2.05, 4.69) is 22.5 Å². The summed E-state index contributed by atoms with van der Waals surface area (Å²) in [7, 11) is 0. The Kier molecular flexibility index (Phi) is 4.93. The molecule has 1 aromatic heterocycles. The van der Waals surface area contributed by atoms with E-state index >= 15 is 0 Å². The molecule has 0 bridgehead atoms. The summed E-state index contributed by atoms with van der Waals surface area (Å²) < 4.78 is 0. The molecule has 2 aromatic rings. The average Bonchev–Trinajstić information content (AvgIpc) is 2.50. The number of benzene rings is 1. The van der Waals surface area contributed by atoms with Crippen molar-refractivity contribution >= 4 is 17.3 Å². The van der Waals surface area contributed by atoms with Gasteiger partial charge in [-0.2, -0.15) is 0 Å². The molecule has 110 valence electrons. The van der Waals surface area contributed by atoms with Crippen molar-refractivity contribution in [2.75, 3.05) is 5.32 Å². The summed E-state index contributed by atoms with van der Waals surface area (Å²) in [5.74, 6) is -0.133. The highest BCUT2D eigenvalue weighted by Crippen LogP contribution is 2.16. The predicted molar refractivity (Wildman–Crippen MR) is 85.9 cm³/mol. The van der Waals surface area contributed by atoms with E-state index in [0.717, 1.165) is 17.8 Å². The molecule has 1 aromatic carbocycles. The van der Waals surface area contributed by atoms with Gasteiger partial charge in [0, 0.05) is 11.7 Å². The molecular weight excluding hydrogens is 262 g/mol. The lowest BCUT2D eigenvalue weighted by molar-refractivity contribution is 0.0934. The fourth-order valence-electron chi connectivity index (χ4n) is 1.81. The predicted octanol–water partition coefficient (Wildman–Crippen LogP) is 3.66. The van der Waals surface area contributed by atoms with Crippen LogP contribution in [0.3, 0.4) is 0 Å². The molecule has 2 N–H and O–H groups in total. The van der Waals surface area contributed by atoms with Crippen LogP contribution in [0.5, 0.6) is 0 Å². The van der Waals surface area contributed by atoms with Crippen molar-refractivity contribution in [3.05, 3.63) is 53.9 Å². The summed E-state index contributed by atoms with van der Waals surface area (Å²) in [6.07, 6.45) is 2.57. The quantitative estimate of drug-likeness (QED) is 0.880. The summed E-state index contributed by atoms with van der Waals surface area (Å²) in [4.78, 5) is 16.1. The fourth-order valence-corrected chi connectivity index (χ4v) is 1.81. The van der Waals surface area contributed by atoms with Crippen molar-refractivity contribution in [3.63, 3.8) is 0 Å². The van der Waals surface area contributed by atoms with E-state index < -0.39 is 0 Å². The van der Waals surface area contributed by atoms with Crippen LogP contribution in [0, 0.1) is 6.92 Å². The first kappa shape index (κ1) is 15.0. The maximum absolute atomic E-state index is 11.9. The monoisotopic (exact) mass is 283 g/mol. The van der Waals surface area contributed by atoms with Crippen LogP contribution in [0.1, 0.15) is 36.3 Å². The number of rotatable bonds is 5. The molecule has 0 saturated carbocycles. The van der Waals surface area contributed by atoms with E-state index in [1.165, 1.54) is 5.56 Å². The van der Waals surface area contributed by atoms with Gasteiger partial charge in [0.25, 0.3) is 5.91 Å². The van der Waals surface area contributed by atoms with Crippen LogP contribution in [-0.4, -0.2) is 16.9 Å². The molecule has 1 atom stereocenters. The molecule has 21 heavy (non-hydrogen) atoms. The summed E-state index contributed by atoms with van der Waals surface area (Å²) in [6, 6.07) is 11.9. The minimum Gasteiger partial charge on any atom is -0.354 e. The summed E-state index contributed by atoms with van der Waals surface area (Å²) in [5.41, 5.74) is 3.51. The fraction of sp³-hybridized carbons (Fsp3) is 0.294. The summed E-state index contributed by atoms with van der Waals surface area (Å²) >= 11 is 0. The highest BCUT2D eigenvalue weighted by Gasteiger charge is 2.09. The number of carbonyl (C=O) groups excluding carboxylic acids is 1. The van der Waals surface area contributed by atoms with Gasteiger partial charge >= 0.3 is 0 Å². The number of carbonyl (C=O) groups is 1. The number of aromatic nitrogens is 1. The van der Waals surface area contributed by atoms with Crippen molar-refractivity contribution in [2.24, 2.45) is 0 Å². The summed E-state index contributed by atoms with van der Waals surface area (Å²) in [5, 5.41) is 6.15. The lowest BCUT2D eigenvalue weighted by Crippen LogP contribution is -2.32. The molecular formula is C17H21N3O. The van der Waals surface area contributed by atoms with Gasteiger partial charge in [0.2, 0.25) is 0 Å². The molecule has 2 rings (SSSR count). The molecule has 0 radical (unpaired) electrons. The second kappa shape index (κ2) is 6.88. The van der Waals surface area contributed by atoms with E-state index in [0.29, 0.717) is 5.69 Å². The Labute approximate surface area is 125 Å². The Morgan fingerprint density at radius 2 is 1.81 bits per heavy atom. The zero-order valence-corrected chi connectivity index (χ0v) is 12.7. The van der Waals surface area contributed by atoms with Crippen molar-refractivity contribution in [1.82, 2.24) is 10.3 Å². The highest BCUT2D eigenvalue weighted by molar-refractivity contribution is 5.92. The van der Waals surface area contributed by atoms with Gasteiger partial charge in [-0.3, -0.25) is 4.79 Å². The van der Waals surface area contributed by atoms with Gasteiger partial charge in [-0.05, 0) is 44.5 Å². The first-order valence-electron chi connectivity index (χ1n) is 7.19.